The zero-order valence-corrected chi connectivity index (χ0v) is 13.8. The second-order valence-electron chi connectivity index (χ2n) is 5.95. The molecule has 0 amide bonds. The lowest BCUT2D eigenvalue weighted by Crippen LogP contribution is -2.16. The fraction of sp³-hybridized carbons (Fsp3) is 0.471. The number of aryl methyl sites for hydroxylation is 1. The van der Waals surface area contributed by atoms with E-state index in [2.05, 4.69) is 48.5 Å². The van der Waals surface area contributed by atoms with Gasteiger partial charge in [-0.1, -0.05) is 29.8 Å². The molecule has 1 heterocycles. The number of nitrogens with one attached hydrogen (secondary N) is 1. The minimum atomic E-state index is 0.714. The number of nitrogens with zero attached hydrogens (tertiary/aromatic N) is 2. The first-order valence-corrected chi connectivity index (χ1v) is 8.40. The van der Waals surface area contributed by atoms with E-state index < -0.39 is 0 Å². The molecule has 3 rings (SSSR count). The van der Waals surface area contributed by atoms with E-state index in [9.17, 15) is 0 Å². The highest BCUT2D eigenvalue weighted by atomic mass is 32.1. The zero-order chi connectivity index (χ0) is 14.8. The molecule has 1 saturated carbocycles. The summed E-state index contributed by atoms with van der Waals surface area (Å²) in [6.07, 6.45) is 2.61. The van der Waals surface area contributed by atoms with E-state index >= 15 is 0 Å². The van der Waals surface area contributed by atoms with Gasteiger partial charge in [0.25, 0.3) is 0 Å². The third kappa shape index (κ3) is 3.44. The molecule has 0 radical (unpaired) electrons. The Balaban J connectivity index is 1.77. The van der Waals surface area contributed by atoms with E-state index in [0.29, 0.717) is 5.92 Å². The molecule has 1 aromatic carbocycles. The van der Waals surface area contributed by atoms with Crippen molar-refractivity contribution in [3.05, 3.63) is 46.0 Å². The molecule has 4 heteroatoms. The molecule has 2 aromatic rings. The van der Waals surface area contributed by atoms with Gasteiger partial charge < -0.3 is 10.2 Å². The zero-order valence-electron chi connectivity index (χ0n) is 13.0. The van der Waals surface area contributed by atoms with Gasteiger partial charge in [0.15, 0.2) is 5.13 Å². The van der Waals surface area contributed by atoms with Crippen LogP contribution in [0.5, 0.6) is 0 Å². The van der Waals surface area contributed by atoms with Crippen LogP contribution in [0.1, 0.15) is 40.5 Å². The Morgan fingerprint density at radius 2 is 2.19 bits per heavy atom. The highest BCUT2D eigenvalue weighted by Gasteiger charge is 2.29. The summed E-state index contributed by atoms with van der Waals surface area (Å²) < 4.78 is 0. The van der Waals surface area contributed by atoms with E-state index in [0.717, 1.165) is 18.2 Å². The summed E-state index contributed by atoms with van der Waals surface area (Å²) >= 11 is 1.84. The Morgan fingerprint density at radius 3 is 2.86 bits per heavy atom. The second-order valence-corrected chi connectivity index (χ2v) is 7.02. The first-order valence-electron chi connectivity index (χ1n) is 7.58. The van der Waals surface area contributed by atoms with Crippen LogP contribution in [0.2, 0.25) is 0 Å². The maximum absolute atomic E-state index is 4.91. The lowest BCUT2D eigenvalue weighted by atomic mass is 10.1. The maximum atomic E-state index is 4.91. The SMILES string of the molecule is CNCc1sc(N(C)Cc2cccc(C)c2)nc1C1CC1. The van der Waals surface area contributed by atoms with Crippen molar-refractivity contribution in [1.29, 1.82) is 0 Å². The Hall–Kier alpha value is -1.39. The number of rotatable bonds is 6. The number of thiazole rings is 1. The van der Waals surface area contributed by atoms with Crippen molar-refractivity contribution < 1.29 is 0 Å². The quantitative estimate of drug-likeness (QED) is 0.882. The third-order valence-corrected chi connectivity index (χ3v) is 5.03. The number of aromatic nitrogens is 1. The first kappa shape index (κ1) is 14.5. The van der Waals surface area contributed by atoms with Crippen LogP contribution in [0.4, 0.5) is 5.13 Å². The van der Waals surface area contributed by atoms with Gasteiger partial charge in [-0.15, -0.1) is 11.3 Å². The highest BCUT2D eigenvalue weighted by Crippen LogP contribution is 2.44. The van der Waals surface area contributed by atoms with Crippen molar-refractivity contribution >= 4 is 16.5 Å². The van der Waals surface area contributed by atoms with Gasteiger partial charge in [-0.2, -0.15) is 0 Å². The van der Waals surface area contributed by atoms with Gasteiger partial charge in [-0.25, -0.2) is 4.98 Å². The Bertz CT molecular complexity index is 616. The van der Waals surface area contributed by atoms with Gasteiger partial charge in [0.05, 0.1) is 5.69 Å². The first-order chi connectivity index (χ1) is 10.2. The molecule has 3 nitrogen and oxygen atoms in total. The summed E-state index contributed by atoms with van der Waals surface area (Å²) in [5.41, 5.74) is 3.99. The van der Waals surface area contributed by atoms with Crippen molar-refractivity contribution in [3.8, 4) is 0 Å². The molecular formula is C17H23N3S. The summed E-state index contributed by atoms with van der Waals surface area (Å²) in [7, 11) is 4.15. The lowest BCUT2D eigenvalue weighted by molar-refractivity contribution is 0.811. The fourth-order valence-corrected chi connectivity index (χ4v) is 3.75. The molecule has 0 atom stereocenters. The Morgan fingerprint density at radius 1 is 1.38 bits per heavy atom. The summed E-state index contributed by atoms with van der Waals surface area (Å²) in [6, 6.07) is 8.71. The van der Waals surface area contributed by atoms with Crippen molar-refractivity contribution in [1.82, 2.24) is 10.3 Å². The van der Waals surface area contributed by atoms with Crippen molar-refractivity contribution in [2.45, 2.75) is 38.8 Å². The van der Waals surface area contributed by atoms with Crippen LogP contribution in [-0.2, 0) is 13.1 Å². The predicted octanol–water partition coefficient (Wildman–Crippen LogP) is 3.68. The molecule has 1 aliphatic carbocycles. The van der Waals surface area contributed by atoms with Crippen molar-refractivity contribution in [3.63, 3.8) is 0 Å². The molecule has 0 saturated heterocycles. The van der Waals surface area contributed by atoms with Crippen LogP contribution in [-0.4, -0.2) is 19.1 Å². The average Bonchev–Trinajstić information content (AvgIpc) is 3.20. The van der Waals surface area contributed by atoms with Crippen molar-refractivity contribution in [2.24, 2.45) is 0 Å². The maximum Gasteiger partial charge on any atom is 0.185 e. The van der Waals surface area contributed by atoms with Crippen LogP contribution in [0.3, 0.4) is 0 Å². The van der Waals surface area contributed by atoms with Crippen LogP contribution < -0.4 is 10.2 Å². The summed E-state index contributed by atoms with van der Waals surface area (Å²) in [6.45, 7) is 3.99. The monoisotopic (exact) mass is 301 g/mol. The smallest absolute Gasteiger partial charge is 0.185 e. The molecule has 0 bridgehead atoms. The van der Waals surface area contributed by atoms with Crippen LogP contribution in [0.15, 0.2) is 24.3 Å². The summed E-state index contributed by atoms with van der Waals surface area (Å²) in [5.74, 6) is 0.714. The number of hydrogen-bond donors (Lipinski definition) is 1. The molecule has 0 spiro atoms. The minimum Gasteiger partial charge on any atom is -0.347 e. The number of benzene rings is 1. The van der Waals surface area contributed by atoms with Gasteiger partial charge in [-0.3, -0.25) is 0 Å². The van der Waals surface area contributed by atoms with Gasteiger partial charge in [0.2, 0.25) is 0 Å². The van der Waals surface area contributed by atoms with E-state index in [4.69, 9.17) is 4.98 Å². The second kappa shape index (κ2) is 6.16. The molecule has 0 aliphatic heterocycles. The molecule has 1 N–H and O–H groups in total. The minimum absolute atomic E-state index is 0.714. The van der Waals surface area contributed by atoms with Crippen LogP contribution in [0.25, 0.3) is 0 Å². The van der Waals surface area contributed by atoms with Gasteiger partial charge in [-0.05, 0) is 32.4 Å². The molecule has 112 valence electrons. The van der Waals surface area contributed by atoms with E-state index in [1.165, 1.54) is 34.5 Å². The largest absolute Gasteiger partial charge is 0.347 e. The molecular weight excluding hydrogens is 278 g/mol. The van der Waals surface area contributed by atoms with Gasteiger partial charge in [0, 0.05) is 30.9 Å². The van der Waals surface area contributed by atoms with Crippen LogP contribution >= 0.6 is 11.3 Å². The lowest BCUT2D eigenvalue weighted by Gasteiger charge is -2.16. The Labute approximate surface area is 131 Å². The van der Waals surface area contributed by atoms with Gasteiger partial charge in [0.1, 0.15) is 0 Å². The number of anilines is 1. The van der Waals surface area contributed by atoms with E-state index in [-0.39, 0.29) is 0 Å². The molecule has 1 aromatic heterocycles. The summed E-state index contributed by atoms with van der Waals surface area (Å²) in [5, 5.41) is 4.41. The average molecular weight is 301 g/mol. The molecule has 1 aliphatic rings. The Kier molecular flexibility index (Phi) is 4.27. The van der Waals surface area contributed by atoms with E-state index in [1.54, 1.807) is 0 Å². The third-order valence-electron chi connectivity index (χ3n) is 3.85. The van der Waals surface area contributed by atoms with E-state index in [1.807, 2.05) is 18.4 Å². The number of hydrogen-bond acceptors (Lipinski definition) is 4. The fourth-order valence-electron chi connectivity index (χ4n) is 2.63. The standard InChI is InChI=1S/C17H23N3S/c1-12-5-4-6-13(9-12)11-20(3)17-19-16(14-7-8-14)15(21-17)10-18-2/h4-6,9,14,18H,7-8,10-11H2,1-3H3. The van der Waals surface area contributed by atoms with Crippen LogP contribution in [0, 0.1) is 6.92 Å². The topological polar surface area (TPSA) is 28.2 Å². The molecule has 0 unspecified atom stereocenters. The molecule has 21 heavy (non-hydrogen) atoms. The molecule has 1 fully saturated rings. The van der Waals surface area contributed by atoms with Gasteiger partial charge >= 0.3 is 0 Å². The highest BCUT2D eigenvalue weighted by molar-refractivity contribution is 7.15. The normalized spacial score (nSPS) is 14.4. The summed E-state index contributed by atoms with van der Waals surface area (Å²) in [4.78, 5) is 8.59. The van der Waals surface area contributed by atoms with Crippen molar-refractivity contribution in [2.75, 3.05) is 19.0 Å². The predicted molar refractivity (Wildman–Crippen MR) is 90.1 cm³/mol.